The molecule has 0 atom stereocenters. The number of hydrogen-bond acceptors (Lipinski definition) is 6. The summed E-state index contributed by atoms with van der Waals surface area (Å²) < 4.78 is 32.2. The lowest BCUT2D eigenvalue weighted by Crippen LogP contribution is -2.33. The van der Waals surface area contributed by atoms with Crippen molar-refractivity contribution in [2.24, 2.45) is 0 Å². The van der Waals surface area contributed by atoms with Gasteiger partial charge in [0, 0.05) is 12.1 Å². The summed E-state index contributed by atoms with van der Waals surface area (Å²) in [5.41, 5.74) is 0.0648. The average molecular weight is 351 g/mol. The molecule has 0 amide bonds. The van der Waals surface area contributed by atoms with Crippen molar-refractivity contribution in [3.05, 3.63) is 59.3 Å². The molecule has 2 rings (SSSR count). The van der Waals surface area contributed by atoms with Gasteiger partial charge in [-0.15, -0.1) is 0 Å². The van der Waals surface area contributed by atoms with Gasteiger partial charge in [0.15, 0.2) is 6.61 Å². The number of hydrogen-bond donors (Lipinski definition) is 1. The molecule has 1 heterocycles. The first-order chi connectivity index (χ1) is 11.3. The van der Waals surface area contributed by atoms with E-state index in [-0.39, 0.29) is 28.9 Å². The molecule has 128 valence electrons. The predicted molar refractivity (Wildman–Crippen MR) is 84.2 cm³/mol. The summed E-state index contributed by atoms with van der Waals surface area (Å²) in [6.07, 6.45) is 2.64. The fourth-order valence-corrected chi connectivity index (χ4v) is 3.17. The zero-order chi connectivity index (χ0) is 17.7. The molecular weight excluding hydrogens is 334 g/mol. The fraction of sp³-hybridized carbons (Fsp3) is 0.267. The third-order valence-corrected chi connectivity index (χ3v) is 4.54. The van der Waals surface area contributed by atoms with Crippen LogP contribution in [0.15, 0.2) is 47.6 Å². The van der Waals surface area contributed by atoms with Crippen molar-refractivity contribution in [2.75, 3.05) is 0 Å². The minimum Gasteiger partial charge on any atom is -0.711 e. The van der Waals surface area contributed by atoms with E-state index < -0.39 is 16.0 Å². The molecule has 0 unspecified atom stereocenters. The van der Waals surface area contributed by atoms with Gasteiger partial charge >= 0.3 is 11.8 Å². The second kappa shape index (κ2) is 7.37. The van der Waals surface area contributed by atoms with Gasteiger partial charge in [-0.2, -0.15) is 0 Å². The molecule has 24 heavy (non-hydrogen) atoms. The van der Waals surface area contributed by atoms with Gasteiger partial charge in [-0.3, -0.25) is 0 Å². The maximum absolute atomic E-state index is 12.1. The Hall–Kier alpha value is -2.52. The number of nitrogens with one attached hydrogen (secondary N) is 1. The first-order valence-corrected chi connectivity index (χ1v) is 8.60. The Kier molecular flexibility index (Phi) is 5.47. The van der Waals surface area contributed by atoms with E-state index in [1.54, 1.807) is 13.8 Å². The normalized spacial score (nSPS) is 11.5. The number of aromatic nitrogens is 2. The Morgan fingerprint density at radius 1 is 1.38 bits per heavy atom. The van der Waals surface area contributed by atoms with Crippen LogP contribution in [0.5, 0.6) is 0 Å². The molecule has 0 aliphatic carbocycles. The molecule has 1 aromatic carbocycles. The lowest BCUT2D eigenvalue weighted by molar-refractivity contribution is -0.620. The van der Waals surface area contributed by atoms with Crippen LogP contribution in [-0.4, -0.2) is 25.4 Å². The molecule has 0 radical (unpaired) electrons. The lowest BCUT2D eigenvalue weighted by Gasteiger charge is -2.10. The van der Waals surface area contributed by atoms with E-state index >= 15 is 0 Å². The number of nitrogens with zero attached hydrogens (tertiary/aromatic N) is 2. The quantitative estimate of drug-likeness (QED) is 0.467. The van der Waals surface area contributed by atoms with Gasteiger partial charge in [0.25, 0.3) is 0 Å². The van der Waals surface area contributed by atoms with Crippen molar-refractivity contribution in [3.8, 4) is 0 Å². The monoisotopic (exact) mass is 351 g/mol. The van der Waals surface area contributed by atoms with Gasteiger partial charge in [0.1, 0.15) is 6.20 Å². The second-order valence-corrected chi connectivity index (χ2v) is 6.96. The second-order valence-electron chi connectivity index (χ2n) is 5.24. The SMILES string of the molecule is CC(C)NS(=O)(=O)c1cccc(C(=O)OCc2nccc[n+]2[O-])c1. The van der Waals surface area contributed by atoms with Crippen LogP contribution in [0.3, 0.4) is 0 Å². The number of rotatable bonds is 6. The Balaban J connectivity index is 2.13. The van der Waals surface area contributed by atoms with Crippen molar-refractivity contribution >= 4 is 16.0 Å². The van der Waals surface area contributed by atoms with E-state index in [2.05, 4.69) is 9.71 Å². The molecule has 0 aliphatic rings. The largest absolute Gasteiger partial charge is 0.711 e. The minimum atomic E-state index is -3.71. The van der Waals surface area contributed by atoms with Crippen LogP contribution in [0.2, 0.25) is 0 Å². The standard InChI is InChI=1S/C15H17N3O5S/c1-11(2)17-24(21,22)13-6-3-5-12(9-13)15(19)23-10-14-16-7-4-8-18(14)20/h3-9,11,17H,10H2,1-2H3. The van der Waals surface area contributed by atoms with Crippen LogP contribution in [0, 0.1) is 5.21 Å². The summed E-state index contributed by atoms with van der Waals surface area (Å²) in [4.78, 5) is 15.8. The summed E-state index contributed by atoms with van der Waals surface area (Å²) >= 11 is 0. The molecule has 0 bridgehead atoms. The summed E-state index contributed by atoms with van der Waals surface area (Å²) in [5.74, 6) is -0.724. The molecular formula is C15H17N3O5S. The molecule has 1 aromatic heterocycles. The van der Waals surface area contributed by atoms with Crippen LogP contribution in [0.1, 0.15) is 30.0 Å². The van der Waals surface area contributed by atoms with E-state index in [4.69, 9.17) is 4.74 Å². The third kappa shape index (κ3) is 4.49. The Morgan fingerprint density at radius 3 is 2.79 bits per heavy atom. The van der Waals surface area contributed by atoms with Gasteiger partial charge in [0.05, 0.1) is 16.7 Å². The van der Waals surface area contributed by atoms with E-state index in [0.717, 1.165) is 0 Å². The zero-order valence-electron chi connectivity index (χ0n) is 13.2. The molecule has 0 saturated carbocycles. The molecule has 2 aromatic rings. The molecule has 0 fully saturated rings. The van der Waals surface area contributed by atoms with Crippen LogP contribution in [-0.2, 0) is 21.4 Å². The molecule has 8 nitrogen and oxygen atoms in total. The Morgan fingerprint density at radius 2 is 2.12 bits per heavy atom. The van der Waals surface area contributed by atoms with Gasteiger partial charge < -0.3 is 9.94 Å². The summed E-state index contributed by atoms with van der Waals surface area (Å²) in [5, 5.41) is 11.4. The lowest BCUT2D eigenvalue weighted by atomic mass is 10.2. The average Bonchev–Trinajstić information content (AvgIpc) is 2.53. The van der Waals surface area contributed by atoms with E-state index in [1.807, 2.05) is 0 Å². The highest BCUT2D eigenvalue weighted by atomic mass is 32.2. The van der Waals surface area contributed by atoms with Crippen LogP contribution < -0.4 is 9.45 Å². The van der Waals surface area contributed by atoms with Crippen molar-refractivity contribution in [2.45, 2.75) is 31.4 Å². The Labute approximate surface area is 139 Å². The minimum absolute atomic E-state index is 0.0242. The maximum Gasteiger partial charge on any atom is 0.339 e. The van der Waals surface area contributed by atoms with Crippen molar-refractivity contribution in [3.63, 3.8) is 0 Å². The van der Waals surface area contributed by atoms with E-state index in [1.165, 1.54) is 42.7 Å². The van der Waals surface area contributed by atoms with Gasteiger partial charge in [-0.1, -0.05) is 6.07 Å². The van der Waals surface area contributed by atoms with E-state index in [9.17, 15) is 18.4 Å². The molecule has 1 N–H and O–H groups in total. The predicted octanol–water partition coefficient (Wildman–Crippen LogP) is 0.759. The summed E-state index contributed by atoms with van der Waals surface area (Å²) in [6, 6.07) is 6.65. The maximum atomic E-state index is 12.1. The van der Waals surface area contributed by atoms with Crippen LogP contribution in [0.25, 0.3) is 0 Å². The van der Waals surface area contributed by atoms with Crippen molar-refractivity contribution < 1.29 is 22.7 Å². The number of carbonyl (C=O) groups is 1. The highest BCUT2D eigenvalue weighted by Gasteiger charge is 2.18. The molecule has 0 saturated heterocycles. The Bertz CT molecular complexity index is 837. The third-order valence-electron chi connectivity index (χ3n) is 2.89. The van der Waals surface area contributed by atoms with E-state index in [0.29, 0.717) is 4.73 Å². The summed E-state index contributed by atoms with van der Waals surface area (Å²) in [6.45, 7) is 3.08. The zero-order valence-corrected chi connectivity index (χ0v) is 14.0. The number of esters is 1. The first kappa shape index (κ1) is 17.8. The number of carbonyl (C=O) groups excluding carboxylic acids is 1. The fourth-order valence-electron chi connectivity index (χ4n) is 1.87. The van der Waals surface area contributed by atoms with Gasteiger partial charge in [-0.25, -0.2) is 22.7 Å². The smallest absolute Gasteiger partial charge is 0.339 e. The molecule has 9 heteroatoms. The van der Waals surface area contributed by atoms with Crippen LogP contribution >= 0.6 is 0 Å². The number of ether oxygens (including phenoxy) is 1. The highest BCUT2D eigenvalue weighted by molar-refractivity contribution is 7.89. The number of benzene rings is 1. The highest BCUT2D eigenvalue weighted by Crippen LogP contribution is 2.13. The van der Waals surface area contributed by atoms with Gasteiger partial charge in [0.2, 0.25) is 10.0 Å². The topological polar surface area (TPSA) is 112 Å². The first-order valence-electron chi connectivity index (χ1n) is 7.12. The number of sulfonamides is 1. The van der Waals surface area contributed by atoms with Crippen molar-refractivity contribution in [1.29, 1.82) is 0 Å². The van der Waals surface area contributed by atoms with Crippen molar-refractivity contribution in [1.82, 2.24) is 9.71 Å². The van der Waals surface area contributed by atoms with Crippen LogP contribution in [0.4, 0.5) is 0 Å². The molecule has 0 spiro atoms. The molecule has 0 aliphatic heterocycles. The summed E-state index contributed by atoms with van der Waals surface area (Å²) in [7, 11) is -3.71. The van der Waals surface area contributed by atoms with Gasteiger partial charge in [-0.05, 0) is 37.0 Å².